The van der Waals surface area contributed by atoms with Crippen LogP contribution in [0.5, 0.6) is 11.5 Å². The standard InChI is InChI=1S/C18H15ClN2O4S/c1-24-10-7-8-12-14(9-10)26-16(15(12)19)18(23)21-20-17(22)11-5-3-4-6-13(11)25-2/h3-9H,1-2H3,(H,20,22)(H,21,23). The summed E-state index contributed by atoms with van der Waals surface area (Å²) in [6.45, 7) is 0. The van der Waals surface area contributed by atoms with Gasteiger partial charge in [0.05, 0.1) is 24.8 Å². The number of hydrazine groups is 1. The second kappa shape index (κ2) is 7.63. The van der Waals surface area contributed by atoms with Crippen LogP contribution in [0.3, 0.4) is 0 Å². The largest absolute Gasteiger partial charge is 0.497 e. The van der Waals surface area contributed by atoms with Crippen LogP contribution < -0.4 is 20.3 Å². The van der Waals surface area contributed by atoms with Gasteiger partial charge in [-0.3, -0.25) is 20.4 Å². The first-order valence-corrected chi connectivity index (χ1v) is 8.74. The molecule has 0 atom stereocenters. The molecule has 2 aromatic carbocycles. The molecule has 0 aliphatic rings. The van der Waals surface area contributed by atoms with Gasteiger partial charge in [-0.05, 0) is 30.3 Å². The first-order chi connectivity index (χ1) is 12.5. The van der Waals surface area contributed by atoms with Crippen molar-refractivity contribution >= 4 is 44.8 Å². The summed E-state index contributed by atoms with van der Waals surface area (Å²) >= 11 is 7.52. The number of rotatable bonds is 4. The van der Waals surface area contributed by atoms with Gasteiger partial charge in [0.25, 0.3) is 11.8 Å². The van der Waals surface area contributed by atoms with Gasteiger partial charge in [-0.1, -0.05) is 23.7 Å². The molecule has 1 heterocycles. The molecule has 3 aromatic rings. The minimum atomic E-state index is -0.501. The zero-order chi connectivity index (χ0) is 18.7. The number of carbonyl (C=O) groups is 2. The predicted octanol–water partition coefficient (Wildman–Crippen LogP) is 3.65. The molecule has 0 fully saturated rings. The lowest BCUT2D eigenvalue weighted by Crippen LogP contribution is -2.41. The van der Waals surface area contributed by atoms with Crippen LogP contribution in [0.2, 0.25) is 5.02 Å². The summed E-state index contributed by atoms with van der Waals surface area (Å²) in [5, 5.41) is 1.08. The highest BCUT2D eigenvalue weighted by Gasteiger charge is 2.19. The van der Waals surface area contributed by atoms with Crippen LogP contribution in [0.15, 0.2) is 42.5 Å². The molecule has 0 bridgehead atoms. The van der Waals surface area contributed by atoms with E-state index in [2.05, 4.69) is 10.9 Å². The Morgan fingerprint density at radius 3 is 2.46 bits per heavy atom. The lowest BCUT2D eigenvalue weighted by Gasteiger charge is -2.09. The van der Waals surface area contributed by atoms with Crippen LogP contribution in [0.1, 0.15) is 20.0 Å². The van der Waals surface area contributed by atoms with Crippen molar-refractivity contribution in [1.82, 2.24) is 10.9 Å². The van der Waals surface area contributed by atoms with Crippen molar-refractivity contribution in [3.05, 3.63) is 57.9 Å². The van der Waals surface area contributed by atoms with Gasteiger partial charge in [-0.15, -0.1) is 11.3 Å². The number of para-hydroxylation sites is 1. The van der Waals surface area contributed by atoms with Crippen molar-refractivity contribution < 1.29 is 19.1 Å². The van der Waals surface area contributed by atoms with E-state index in [0.717, 1.165) is 10.1 Å². The minimum Gasteiger partial charge on any atom is -0.497 e. The monoisotopic (exact) mass is 390 g/mol. The van der Waals surface area contributed by atoms with Crippen LogP contribution >= 0.6 is 22.9 Å². The number of fused-ring (bicyclic) bond motifs is 1. The second-order valence-electron chi connectivity index (χ2n) is 5.22. The maximum atomic E-state index is 12.4. The van der Waals surface area contributed by atoms with Gasteiger partial charge in [0.2, 0.25) is 0 Å². The second-order valence-corrected chi connectivity index (χ2v) is 6.65. The van der Waals surface area contributed by atoms with Gasteiger partial charge in [0.15, 0.2) is 0 Å². The lowest BCUT2D eigenvalue weighted by molar-refractivity contribution is 0.0847. The summed E-state index contributed by atoms with van der Waals surface area (Å²) in [6, 6.07) is 12.1. The Morgan fingerprint density at radius 1 is 1.00 bits per heavy atom. The summed E-state index contributed by atoms with van der Waals surface area (Å²) in [5.41, 5.74) is 5.06. The number of methoxy groups -OCH3 is 2. The van der Waals surface area contributed by atoms with E-state index in [1.165, 1.54) is 18.4 Å². The van der Waals surface area contributed by atoms with Crippen molar-refractivity contribution in [3.63, 3.8) is 0 Å². The molecule has 2 amide bonds. The molecule has 0 aliphatic carbocycles. The number of benzene rings is 2. The highest BCUT2D eigenvalue weighted by atomic mass is 35.5. The van der Waals surface area contributed by atoms with Crippen molar-refractivity contribution in [2.24, 2.45) is 0 Å². The van der Waals surface area contributed by atoms with E-state index in [4.69, 9.17) is 21.1 Å². The van der Waals surface area contributed by atoms with Gasteiger partial charge < -0.3 is 9.47 Å². The van der Waals surface area contributed by atoms with Crippen LogP contribution in [0, 0.1) is 0 Å². The number of hydrogen-bond donors (Lipinski definition) is 2. The minimum absolute atomic E-state index is 0.301. The molecule has 2 N–H and O–H groups in total. The maximum Gasteiger partial charge on any atom is 0.281 e. The molecule has 0 aliphatic heterocycles. The number of thiophene rings is 1. The molecule has 6 nitrogen and oxygen atoms in total. The van der Waals surface area contributed by atoms with Crippen molar-refractivity contribution in [2.45, 2.75) is 0 Å². The summed E-state index contributed by atoms with van der Waals surface area (Å²) in [6.07, 6.45) is 0. The number of halogens is 1. The Hall–Kier alpha value is -2.77. The first kappa shape index (κ1) is 18.0. The summed E-state index contributed by atoms with van der Waals surface area (Å²) in [4.78, 5) is 25.0. The van der Waals surface area contributed by atoms with Crippen molar-refractivity contribution in [2.75, 3.05) is 14.2 Å². The van der Waals surface area contributed by atoms with Gasteiger partial charge in [-0.25, -0.2) is 0 Å². The zero-order valence-corrected chi connectivity index (χ0v) is 15.5. The van der Waals surface area contributed by atoms with Crippen LogP contribution in [0.4, 0.5) is 0 Å². The van der Waals surface area contributed by atoms with Gasteiger partial charge >= 0.3 is 0 Å². The van der Waals surface area contributed by atoms with E-state index in [1.54, 1.807) is 49.6 Å². The maximum absolute atomic E-state index is 12.4. The molecule has 0 radical (unpaired) electrons. The third kappa shape index (κ3) is 3.44. The zero-order valence-electron chi connectivity index (χ0n) is 14.0. The molecule has 1 aromatic heterocycles. The molecular formula is C18H15ClN2O4S. The van der Waals surface area contributed by atoms with E-state index < -0.39 is 11.8 Å². The van der Waals surface area contributed by atoms with Crippen LogP contribution in [-0.2, 0) is 0 Å². The molecule has 0 saturated heterocycles. The topological polar surface area (TPSA) is 76.7 Å². The average molecular weight is 391 g/mol. The van der Waals surface area contributed by atoms with Gasteiger partial charge in [-0.2, -0.15) is 0 Å². The number of ether oxygens (including phenoxy) is 2. The quantitative estimate of drug-likeness (QED) is 0.667. The molecule has 0 spiro atoms. The van der Waals surface area contributed by atoms with Crippen LogP contribution in [-0.4, -0.2) is 26.0 Å². The molecule has 8 heteroatoms. The molecule has 0 unspecified atom stereocenters. The normalized spacial score (nSPS) is 10.4. The SMILES string of the molecule is COc1ccc2c(Cl)c(C(=O)NNC(=O)c3ccccc3OC)sc2c1. The van der Waals surface area contributed by atoms with E-state index in [9.17, 15) is 9.59 Å². The Bertz CT molecular complexity index is 986. The molecule has 134 valence electrons. The van der Waals surface area contributed by atoms with E-state index in [0.29, 0.717) is 27.0 Å². The predicted molar refractivity (Wildman–Crippen MR) is 101 cm³/mol. The highest BCUT2D eigenvalue weighted by Crippen LogP contribution is 2.37. The van der Waals surface area contributed by atoms with Crippen LogP contribution in [0.25, 0.3) is 10.1 Å². The summed E-state index contributed by atoms with van der Waals surface area (Å²) in [7, 11) is 3.04. The summed E-state index contributed by atoms with van der Waals surface area (Å²) in [5.74, 6) is 0.0891. The lowest BCUT2D eigenvalue weighted by atomic mass is 10.2. The Balaban J connectivity index is 1.77. The third-order valence-electron chi connectivity index (χ3n) is 3.68. The fourth-order valence-corrected chi connectivity index (χ4v) is 3.83. The molecule has 0 saturated carbocycles. The Morgan fingerprint density at radius 2 is 1.73 bits per heavy atom. The smallest absolute Gasteiger partial charge is 0.281 e. The van der Waals surface area contributed by atoms with Crippen molar-refractivity contribution in [1.29, 1.82) is 0 Å². The number of amides is 2. The molecular weight excluding hydrogens is 376 g/mol. The Kier molecular flexibility index (Phi) is 5.29. The highest BCUT2D eigenvalue weighted by molar-refractivity contribution is 7.21. The fraction of sp³-hybridized carbons (Fsp3) is 0.111. The molecule has 3 rings (SSSR count). The fourth-order valence-electron chi connectivity index (χ4n) is 2.39. The first-order valence-electron chi connectivity index (χ1n) is 7.55. The van der Waals surface area contributed by atoms with Crippen molar-refractivity contribution in [3.8, 4) is 11.5 Å². The summed E-state index contributed by atoms with van der Waals surface area (Å²) < 4.78 is 11.1. The van der Waals surface area contributed by atoms with E-state index in [-0.39, 0.29) is 0 Å². The van der Waals surface area contributed by atoms with Gasteiger partial charge in [0.1, 0.15) is 16.4 Å². The third-order valence-corrected chi connectivity index (χ3v) is 5.34. The number of hydrogen-bond acceptors (Lipinski definition) is 5. The number of nitrogens with one attached hydrogen (secondary N) is 2. The van der Waals surface area contributed by atoms with Gasteiger partial charge in [0, 0.05) is 10.1 Å². The van der Waals surface area contributed by atoms with E-state index >= 15 is 0 Å². The average Bonchev–Trinajstić information content (AvgIpc) is 3.01. The Labute approximate surface area is 158 Å². The van der Waals surface area contributed by atoms with E-state index in [1.807, 2.05) is 0 Å². The molecule has 26 heavy (non-hydrogen) atoms. The number of carbonyl (C=O) groups excluding carboxylic acids is 2.